The van der Waals surface area contributed by atoms with E-state index in [0.717, 1.165) is 28.8 Å². The molecule has 0 saturated carbocycles. The Balaban J connectivity index is 1.76. The monoisotopic (exact) mass is 358 g/mol. The van der Waals surface area contributed by atoms with Crippen molar-refractivity contribution in [3.63, 3.8) is 0 Å². The van der Waals surface area contributed by atoms with E-state index in [9.17, 15) is 4.79 Å². The van der Waals surface area contributed by atoms with Crippen molar-refractivity contribution in [2.75, 3.05) is 14.1 Å². The highest BCUT2D eigenvalue weighted by atomic mass is 16.1. The molecule has 27 heavy (non-hydrogen) atoms. The highest BCUT2D eigenvalue weighted by Gasteiger charge is 2.10. The van der Waals surface area contributed by atoms with Gasteiger partial charge in [0.1, 0.15) is 0 Å². The average molecular weight is 358 g/mol. The van der Waals surface area contributed by atoms with Gasteiger partial charge in [-0.05, 0) is 54.9 Å². The molecule has 0 atom stereocenters. The number of nitrogens with one attached hydrogen (secondary N) is 1. The predicted molar refractivity (Wildman–Crippen MR) is 112 cm³/mol. The molecule has 0 aromatic heterocycles. The molecule has 0 radical (unpaired) electrons. The van der Waals surface area contributed by atoms with Gasteiger partial charge in [0, 0.05) is 18.7 Å². The fraction of sp³-hybridized carbons (Fsp3) is 0.208. The Morgan fingerprint density at radius 3 is 2.26 bits per heavy atom. The molecule has 3 nitrogen and oxygen atoms in total. The zero-order chi connectivity index (χ0) is 19.2. The van der Waals surface area contributed by atoms with Crippen LogP contribution in [0.3, 0.4) is 0 Å². The first-order valence-electron chi connectivity index (χ1n) is 9.20. The van der Waals surface area contributed by atoms with E-state index in [1.807, 2.05) is 43.3 Å². The molecular formula is C24H26N2O. The lowest BCUT2D eigenvalue weighted by Crippen LogP contribution is -2.23. The molecule has 1 N–H and O–H groups in total. The van der Waals surface area contributed by atoms with Gasteiger partial charge in [0.05, 0.1) is 0 Å². The number of benzene rings is 3. The van der Waals surface area contributed by atoms with Crippen LogP contribution in [0.5, 0.6) is 0 Å². The van der Waals surface area contributed by atoms with E-state index in [0.29, 0.717) is 6.54 Å². The third-order valence-electron chi connectivity index (χ3n) is 4.61. The summed E-state index contributed by atoms with van der Waals surface area (Å²) in [4.78, 5) is 14.7. The zero-order valence-corrected chi connectivity index (χ0v) is 16.2. The van der Waals surface area contributed by atoms with E-state index < -0.39 is 0 Å². The van der Waals surface area contributed by atoms with Crippen molar-refractivity contribution in [1.82, 2.24) is 10.2 Å². The molecule has 3 heteroatoms. The number of hydrogen-bond donors (Lipinski definition) is 1. The Hall–Kier alpha value is -2.91. The van der Waals surface area contributed by atoms with Crippen LogP contribution in [-0.2, 0) is 13.1 Å². The van der Waals surface area contributed by atoms with Gasteiger partial charge in [0.2, 0.25) is 0 Å². The highest BCUT2D eigenvalue weighted by molar-refractivity contribution is 5.95. The standard InChI is InChI=1S/C24H26N2O/c1-18-8-4-6-10-22(18)24(27)25-16-21-9-5-7-11-23(21)20-14-12-19(13-15-20)17-26(2)3/h4-15H,16-17H2,1-3H3,(H,25,27). The first-order valence-corrected chi connectivity index (χ1v) is 9.20. The lowest BCUT2D eigenvalue weighted by atomic mass is 9.98. The van der Waals surface area contributed by atoms with Crippen LogP contribution in [0, 0.1) is 6.92 Å². The molecule has 3 rings (SSSR count). The van der Waals surface area contributed by atoms with Crippen LogP contribution in [0.25, 0.3) is 11.1 Å². The Bertz CT molecular complexity index is 914. The van der Waals surface area contributed by atoms with Gasteiger partial charge in [0.25, 0.3) is 5.91 Å². The third-order valence-corrected chi connectivity index (χ3v) is 4.61. The van der Waals surface area contributed by atoms with Crippen molar-refractivity contribution in [2.45, 2.75) is 20.0 Å². The van der Waals surface area contributed by atoms with E-state index in [4.69, 9.17) is 0 Å². The molecule has 0 bridgehead atoms. The molecule has 0 unspecified atom stereocenters. The number of carbonyl (C=O) groups is 1. The Morgan fingerprint density at radius 2 is 1.56 bits per heavy atom. The topological polar surface area (TPSA) is 32.3 Å². The Morgan fingerprint density at radius 1 is 0.889 bits per heavy atom. The van der Waals surface area contributed by atoms with Gasteiger partial charge in [-0.3, -0.25) is 4.79 Å². The van der Waals surface area contributed by atoms with Crippen LogP contribution in [-0.4, -0.2) is 24.9 Å². The molecular weight excluding hydrogens is 332 g/mol. The van der Waals surface area contributed by atoms with Crippen molar-refractivity contribution >= 4 is 5.91 Å². The van der Waals surface area contributed by atoms with Crippen molar-refractivity contribution in [3.05, 3.63) is 95.1 Å². The van der Waals surface area contributed by atoms with Gasteiger partial charge in [0.15, 0.2) is 0 Å². The maximum atomic E-state index is 12.5. The molecule has 0 aliphatic heterocycles. The first-order chi connectivity index (χ1) is 13.0. The number of carbonyl (C=O) groups excluding carboxylic acids is 1. The number of hydrogen-bond acceptors (Lipinski definition) is 2. The van der Waals surface area contributed by atoms with Crippen LogP contribution in [0.1, 0.15) is 27.0 Å². The summed E-state index contributed by atoms with van der Waals surface area (Å²) in [7, 11) is 4.14. The first kappa shape index (κ1) is 18.9. The summed E-state index contributed by atoms with van der Waals surface area (Å²) in [6, 6.07) is 24.5. The molecule has 0 spiro atoms. The van der Waals surface area contributed by atoms with Gasteiger partial charge < -0.3 is 10.2 Å². The quantitative estimate of drug-likeness (QED) is 0.695. The lowest BCUT2D eigenvalue weighted by Gasteiger charge is -2.13. The largest absolute Gasteiger partial charge is 0.348 e. The predicted octanol–water partition coefficient (Wildman–Crippen LogP) is 4.65. The second-order valence-corrected chi connectivity index (χ2v) is 7.09. The summed E-state index contributed by atoms with van der Waals surface area (Å²) >= 11 is 0. The lowest BCUT2D eigenvalue weighted by molar-refractivity contribution is 0.0950. The molecule has 0 heterocycles. The molecule has 0 fully saturated rings. The Labute approximate surface area is 161 Å². The molecule has 138 valence electrons. The minimum atomic E-state index is -0.0377. The van der Waals surface area contributed by atoms with Crippen molar-refractivity contribution in [3.8, 4) is 11.1 Å². The smallest absolute Gasteiger partial charge is 0.251 e. The number of aryl methyl sites for hydroxylation is 1. The second kappa shape index (κ2) is 8.65. The van der Waals surface area contributed by atoms with Crippen LogP contribution < -0.4 is 5.32 Å². The van der Waals surface area contributed by atoms with Crippen LogP contribution in [0.15, 0.2) is 72.8 Å². The number of rotatable bonds is 6. The summed E-state index contributed by atoms with van der Waals surface area (Å²) in [5, 5.41) is 3.06. The van der Waals surface area contributed by atoms with E-state index in [-0.39, 0.29) is 5.91 Å². The minimum Gasteiger partial charge on any atom is -0.348 e. The fourth-order valence-corrected chi connectivity index (χ4v) is 3.21. The molecule has 3 aromatic rings. The summed E-state index contributed by atoms with van der Waals surface area (Å²) in [5.41, 5.74) is 6.42. The van der Waals surface area contributed by atoms with Crippen LogP contribution >= 0.6 is 0 Å². The van der Waals surface area contributed by atoms with Gasteiger partial charge in [-0.2, -0.15) is 0 Å². The van der Waals surface area contributed by atoms with Gasteiger partial charge in [-0.15, -0.1) is 0 Å². The van der Waals surface area contributed by atoms with Gasteiger partial charge in [-0.1, -0.05) is 66.7 Å². The summed E-state index contributed by atoms with van der Waals surface area (Å²) in [6.07, 6.45) is 0. The molecule has 1 amide bonds. The number of amides is 1. The van der Waals surface area contributed by atoms with E-state index in [1.54, 1.807) is 0 Å². The molecule has 3 aromatic carbocycles. The van der Waals surface area contributed by atoms with Crippen molar-refractivity contribution in [2.24, 2.45) is 0 Å². The van der Waals surface area contributed by atoms with Gasteiger partial charge in [-0.25, -0.2) is 0 Å². The van der Waals surface area contributed by atoms with Crippen LogP contribution in [0.4, 0.5) is 0 Å². The maximum Gasteiger partial charge on any atom is 0.251 e. The maximum absolute atomic E-state index is 12.5. The minimum absolute atomic E-state index is 0.0377. The van der Waals surface area contributed by atoms with E-state index in [2.05, 4.69) is 60.7 Å². The van der Waals surface area contributed by atoms with Gasteiger partial charge >= 0.3 is 0 Å². The highest BCUT2D eigenvalue weighted by Crippen LogP contribution is 2.24. The summed E-state index contributed by atoms with van der Waals surface area (Å²) in [6.45, 7) is 3.38. The third kappa shape index (κ3) is 4.83. The SMILES string of the molecule is Cc1ccccc1C(=O)NCc1ccccc1-c1ccc(CN(C)C)cc1. The molecule has 0 aliphatic carbocycles. The summed E-state index contributed by atoms with van der Waals surface area (Å²) in [5.74, 6) is -0.0377. The summed E-state index contributed by atoms with van der Waals surface area (Å²) < 4.78 is 0. The van der Waals surface area contributed by atoms with Crippen molar-refractivity contribution in [1.29, 1.82) is 0 Å². The average Bonchev–Trinajstić information content (AvgIpc) is 2.67. The molecule has 0 saturated heterocycles. The van der Waals surface area contributed by atoms with Crippen LogP contribution in [0.2, 0.25) is 0 Å². The van der Waals surface area contributed by atoms with E-state index in [1.165, 1.54) is 11.1 Å². The van der Waals surface area contributed by atoms with E-state index >= 15 is 0 Å². The zero-order valence-electron chi connectivity index (χ0n) is 16.2. The number of nitrogens with zero attached hydrogens (tertiary/aromatic N) is 1. The fourth-order valence-electron chi connectivity index (χ4n) is 3.21. The Kier molecular flexibility index (Phi) is 6.05. The normalized spacial score (nSPS) is 10.8. The molecule has 0 aliphatic rings. The van der Waals surface area contributed by atoms with Crippen molar-refractivity contribution < 1.29 is 4.79 Å². The second-order valence-electron chi connectivity index (χ2n) is 7.09.